The number of rotatable bonds is 1. The van der Waals surface area contributed by atoms with Gasteiger partial charge in [0.05, 0.1) is 37.3 Å². The molecule has 0 amide bonds. The van der Waals surface area contributed by atoms with Crippen LogP contribution in [0, 0.1) is 6.92 Å². The van der Waals surface area contributed by atoms with Gasteiger partial charge in [0.1, 0.15) is 0 Å². The molecule has 0 N–H and O–H groups in total. The monoisotopic (exact) mass is 218 g/mol. The number of hydrogen-bond acceptors (Lipinski definition) is 3. The summed E-state index contributed by atoms with van der Waals surface area (Å²) in [5.41, 5.74) is 4.68. The Labute approximate surface area is 94.0 Å². The van der Waals surface area contributed by atoms with Crippen molar-refractivity contribution in [1.29, 1.82) is 0 Å². The SMILES string of the molecule is Cc1cocc1C1Cc2cocc2C(C)O1. The van der Waals surface area contributed by atoms with Gasteiger partial charge in [0.25, 0.3) is 0 Å². The molecule has 2 aromatic heterocycles. The van der Waals surface area contributed by atoms with Gasteiger partial charge in [0.2, 0.25) is 0 Å². The van der Waals surface area contributed by atoms with Gasteiger partial charge in [-0.05, 0) is 25.0 Å². The van der Waals surface area contributed by atoms with Crippen molar-refractivity contribution >= 4 is 0 Å². The first kappa shape index (κ1) is 9.73. The van der Waals surface area contributed by atoms with E-state index in [4.69, 9.17) is 13.6 Å². The first-order chi connectivity index (χ1) is 7.75. The van der Waals surface area contributed by atoms with E-state index >= 15 is 0 Å². The Morgan fingerprint density at radius 1 is 1.06 bits per heavy atom. The molecule has 3 nitrogen and oxygen atoms in total. The number of ether oxygens (including phenoxy) is 1. The average Bonchev–Trinajstić information content (AvgIpc) is 2.85. The molecule has 3 heterocycles. The standard InChI is InChI=1S/C13H14O3/c1-8-4-14-6-11(8)13-3-10-5-15-7-12(10)9(2)16-13/h4-7,9,13H,3H2,1-2H3. The van der Waals surface area contributed by atoms with E-state index in [0.717, 1.165) is 23.1 Å². The van der Waals surface area contributed by atoms with Gasteiger partial charge in [-0.2, -0.15) is 0 Å². The maximum atomic E-state index is 5.98. The van der Waals surface area contributed by atoms with E-state index in [2.05, 4.69) is 6.92 Å². The van der Waals surface area contributed by atoms with Crippen molar-refractivity contribution in [2.75, 3.05) is 0 Å². The molecule has 84 valence electrons. The highest BCUT2D eigenvalue weighted by atomic mass is 16.5. The summed E-state index contributed by atoms with van der Waals surface area (Å²) in [6.45, 7) is 4.09. The minimum atomic E-state index is 0.0823. The van der Waals surface area contributed by atoms with Crippen LogP contribution >= 0.6 is 0 Å². The van der Waals surface area contributed by atoms with Gasteiger partial charge in [-0.15, -0.1) is 0 Å². The summed E-state index contributed by atoms with van der Waals surface area (Å²) in [6.07, 6.45) is 8.15. The quantitative estimate of drug-likeness (QED) is 0.734. The summed E-state index contributed by atoms with van der Waals surface area (Å²) in [5, 5.41) is 0. The number of fused-ring (bicyclic) bond motifs is 1. The van der Waals surface area contributed by atoms with E-state index in [-0.39, 0.29) is 12.2 Å². The zero-order valence-electron chi connectivity index (χ0n) is 9.40. The summed E-state index contributed by atoms with van der Waals surface area (Å²) in [6, 6.07) is 0. The van der Waals surface area contributed by atoms with Crippen LogP contribution in [0.15, 0.2) is 33.9 Å². The van der Waals surface area contributed by atoms with Gasteiger partial charge < -0.3 is 13.6 Å². The van der Waals surface area contributed by atoms with Crippen LogP contribution in [0.25, 0.3) is 0 Å². The van der Waals surface area contributed by atoms with Crippen LogP contribution < -0.4 is 0 Å². The molecular weight excluding hydrogens is 204 g/mol. The molecule has 2 unspecified atom stereocenters. The molecule has 0 saturated carbocycles. The fraction of sp³-hybridized carbons (Fsp3) is 0.385. The maximum absolute atomic E-state index is 5.98. The molecule has 0 aromatic carbocycles. The molecule has 2 aromatic rings. The highest BCUT2D eigenvalue weighted by Gasteiger charge is 2.28. The van der Waals surface area contributed by atoms with Gasteiger partial charge in [-0.25, -0.2) is 0 Å². The molecule has 2 atom stereocenters. The molecule has 0 aliphatic carbocycles. The second-order valence-electron chi connectivity index (χ2n) is 4.33. The van der Waals surface area contributed by atoms with Crippen molar-refractivity contribution < 1.29 is 13.6 Å². The lowest BCUT2D eigenvalue weighted by molar-refractivity contribution is -0.0173. The van der Waals surface area contributed by atoms with Crippen molar-refractivity contribution in [3.63, 3.8) is 0 Å². The Morgan fingerprint density at radius 3 is 2.56 bits per heavy atom. The molecule has 0 radical (unpaired) electrons. The summed E-state index contributed by atoms with van der Waals surface area (Å²) >= 11 is 0. The third-order valence-corrected chi connectivity index (χ3v) is 3.23. The summed E-state index contributed by atoms with van der Waals surface area (Å²) < 4.78 is 16.4. The molecule has 0 spiro atoms. The topological polar surface area (TPSA) is 35.5 Å². The van der Waals surface area contributed by atoms with Crippen LogP contribution in [0.4, 0.5) is 0 Å². The van der Waals surface area contributed by atoms with Gasteiger partial charge in [0.15, 0.2) is 0 Å². The third-order valence-electron chi connectivity index (χ3n) is 3.23. The van der Waals surface area contributed by atoms with E-state index in [1.54, 1.807) is 18.8 Å². The smallest absolute Gasteiger partial charge is 0.0963 e. The lowest BCUT2D eigenvalue weighted by Crippen LogP contribution is -2.17. The van der Waals surface area contributed by atoms with Crippen molar-refractivity contribution in [2.45, 2.75) is 32.5 Å². The number of furan rings is 2. The number of hydrogen-bond donors (Lipinski definition) is 0. The lowest BCUT2D eigenvalue weighted by atomic mass is 9.95. The Morgan fingerprint density at radius 2 is 1.81 bits per heavy atom. The van der Waals surface area contributed by atoms with Crippen molar-refractivity contribution in [3.05, 3.63) is 47.3 Å². The summed E-state index contributed by atoms with van der Waals surface area (Å²) in [5.74, 6) is 0. The molecule has 16 heavy (non-hydrogen) atoms. The Bertz CT molecular complexity index is 495. The van der Waals surface area contributed by atoms with Crippen molar-refractivity contribution in [1.82, 2.24) is 0 Å². The second-order valence-corrected chi connectivity index (χ2v) is 4.33. The minimum absolute atomic E-state index is 0.0823. The van der Waals surface area contributed by atoms with E-state index < -0.39 is 0 Å². The van der Waals surface area contributed by atoms with Gasteiger partial charge >= 0.3 is 0 Å². The predicted molar refractivity (Wildman–Crippen MR) is 58.1 cm³/mol. The Balaban J connectivity index is 1.95. The zero-order valence-corrected chi connectivity index (χ0v) is 9.40. The average molecular weight is 218 g/mol. The first-order valence-electron chi connectivity index (χ1n) is 5.49. The highest BCUT2D eigenvalue weighted by Crippen LogP contribution is 2.38. The first-order valence-corrected chi connectivity index (χ1v) is 5.49. The van der Waals surface area contributed by atoms with E-state index in [0.29, 0.717) is 0 Å². The van der Waals surface area contributed by atoms with E-state index in [9.17, 15) is 0 Å². The van der Waals surface area contributed by atoms with Crippen LogP contribution in [0.1, 0.15) is 41.4 Å². The fourth-order valence-electron chi connectivity index (χ4n) is 2.31. The second kappa shape index (κ2) is 3.52. The largest absolute Gasteiger partial charge is 0.472 e. The van der Waals surface area contributed by atoms with Crippen LogP contribution in [-0.4, -0.2) is 0 Å². The fourth-order valence-corrected chi connectivity index (χ4v) is 2.31. The molecule has 0 fully saturated rings. The normalized spacial score (nSPS) is 24.4. The van der Waals surface area contributed by atoms with Gasteiger partial charge in [-0.1, -0.05) is 0 Å². The van der Waals surface area contributed by atoms with Crippen molar-refractivity contribution in [3.8, 4) is 0 Å². The molecule has 0 saturated heterocycles. The number of aryl methyl sites for hydroxylation is 1. The van der Waals surface area contributed by atoms with E-state index in [1.807, 2.05) is 13.2 Å². The lowest BCUT2D eigenvalue weighted by Gasteiger charge is -2.27. The van der Waals surface area contributed by atoms with Gasteiger partial charge in [-0.3, -0.25) is 0 Å². The van der Waals surface area contributed by atoms with Crippen LogP contribution in [0.2, 0.25) is 0 Å². The van der Waals surface area contributed by atoms with Crippen LogP contribution in [-0.2, 0) is 11.2 Å². The van der Waals surface area contributed by atoms with Crippen molar-refractivity contribution in [2.24, 2.45) is 0 Å². The Hall–Kier alpha value is -1.48. The summed E-state index contributed by atoms with van der Waals surface area (Å²) in [4.78, 5) is 0. The molecule has 1 aliphatic rings. The molecular formula is C13H14O3. The third kappa shape index (κ3) is 1.39. The molecule has 1 aliphatic heterocycles. The zero-order chi connectivity index (χ0) is 11.1. The van der Waals surface area contributed by atoms with E-state index in [1.165, 1.54) is 5.56 Å². The van der Waals surface area contributed by atoms with Crippen LogP contribution in [0.5, 0.6) is 0 Å². The molecule has 3 rings (SSSR count). The highest BCUT2D eigenvalue weighted by molar-refractivity contribution is 5.31. The molecule has 3 heteroatoms. The Kier molecular flexibility index (Phi) is 2.14. The predicted octanol–water partition coefficient (Wildman–Crippen LogP) is 3.56. The summed E-state index contributed by atoms with van der Waals surface area (Å²) in [7, 11) is 0. The van der Waals surface area contributed by atoms with Gasteiger partial charge in [0, 0.05) is 17.5 Å². The molecule has 0 bridgehead atoms. The van der Waals surface area contributed by atoms with Crippen LogP contribution in [0.3, 0.4) is 0 Å². The maximum Gasteiger partial charge on any atom is 0.0963 e. The minimum Gasteiger partial charge on any atom is -0.472 e.